The lowest BCUT2D eigenvalue weighted by Gasteiger charge is -2.12. The van der Waals surface area contributed by atoms with Gasteiger partial charge in [-0.25, -0.2) is 5.43 Å². The third kappa shape index (κ3) is 7.86. The van der Waals surface area contributed by atoms with Crippen molar-refractivity contribution < 1.29 is 19.0 Å². The number of hydrogen-bond donors (Lipinski definition) is 1. The van der Waals surface area contributed by atoms with Crippen LogP contribution in [0.15, 0.2) is 47.6 Å². The molecular formula is C23H30N2O4. The molecule has 6 nitrogen and oxygen atoms in total. The Bertz CT molecular complexity index is 788. The van der Waals surface area contributed by atoms with Crippen LogP contribution >= 0.6 is 0 Å². The van der Waals surface area contributed by atoms with E-state index in [0.29, 0.717) is 19.0 Å². The smallest absolute Gasteiger partial charge is 0.244 e. The van der Waals surface area contributed by atoms with Gasteiger partial charge in [0.2, 0.25) is 5.91 Å². The molecule has 2 rings (SSSR count). The van der Waals surface area contributed by atoms with Gasteiger partial charge in [-0.15, -0.1) is 0 Å². The zero-order valence-electron chi connectivity index (χ0n) is 17.4. The summed E-state index contributed by atoms with van der Waals surface area (Å²) >= 11 is 0. The van der Waals surface area contributed by atoms with Gasteiger partial charge in [-0.05, 0) is 54.8 Å². The zero-order valence-corrected chi connectivity index (χ0v) is 17.4. The third-order valence-electron chi connectivity index (χ3n) is 4.20. The van der Waals surface area contributed by atoms with Crippen LogP contribution in [0, 0.1) is 0 Å². The summed E-state index contributed by atoms with van der Waals surface area (Å²) in [5.74, 6) is 1.98. The van der Waals surface area contributed by atoms with E-state index < -0.39 is 0 Å². The van der Waals surface area contributed by atoms with E-state index in [1.54, 1.807) is 13.3 Å². The first-order valence-electron chi connectivity index (χ1n) is 10.0. The maximum atomic E-state index is 12.1. The van der Waals surface area contributed by atoms with Crippen molar-refractivity contribution in [3.8, 4) is 17.2 Å². The summed E-state index contributed by atoms with van der Waals surface area (Å²) in [7, 11) is 1.61. The minimum atomic E-state index is -0.188. The third-order valence-corrected chi connectivity index (χ3v) is 4.20. The molecule has 0 aromatic heterocycles. The van der Waals surface area contributed by atoms with Crippen LogP contribution in [-0.2, 0) is 11.2 Å². The number of nitrogens with zero attached hydrogens (tertiary/aromatic N) is 1. The van der Waals surface area contributed by atoms with Crippen molar-refractivity contribution in [2.45, 2.75) is 39.5 Å². The lowest BCUT2D eigenvalue weighted by Crippen LogP contribution is -2.19. The topological polar surface area (TPSA) is 69.2 Å². The number of nitrogens with one attached hydrogen (secondary N) is 1. The number of rotatable bonds is 12. The molecule has 0 spiro atoms. The molecule has 1 amide bonds. The van der Waals surface area contributed by atoms with Crippen LogP contribution in [0.2, 0.25) is 0 Å². The predicted molar refractivity (Wildman–Crippen MR) is 115 cm³/mol. The first-order chi connectivity index (χ1) is 14.2. The average molecular weight is 399 g/mol. The average Bonchev–Trinajstić information content (AvgIpc) is 2.73. The Morgan fingerprint density at radius 3 is 2.52 bits per heavy atom. The lowest BCUT2D eigenvalue weighted by atomic mass is 10.1. The Hall–Kier alpha value is -3.02. The molecule has 2 aromatic rings. The molecule has 29 heavy (non-hydrogen) atoms. The van der Waals surface area contributed by atoms with Gasteiger partial charge in [0.15, 0.2) is 11.5 Å². The number of ether oxygens (including phenoxy) is 3. The second-order valence-electron chi connectivity index (χ2n) is 6.51. The van der Waals surface area contributed by atoms with E-state index in [0.717, 1.165) is 41.9 Å². The largest absolute Gasteiger partial charge is 0.497 e. The minimum Gasteiger partial charge on any atom is -0.497 e. The van der Waals surface area contributed by atoms with Gasteiger partial charge in [-0.3, -0.25) is 4.79 Å². The van der Waals surface area contributed by atoms with Crippen molar-refractivity contribution in [3.05, 3.63) is 53.6 Å². The van der Waals surface area contributed by atoms with E-state index >= 15 is 0 Å². The number of hydrogen-bond acceptors (Lipinski definition) is 5. The molecule has 0 saturated carbocycles. The first-order valence-corrected chi connectivity index (χ1v) is 10.0. The molecule has 0 radical (unpaired) electrons. The first kappa shape index (κ1) is 22.3. The summed E-state index contributed by atoms with van der Waals surface area (Å²) in [6.07, 6.45) is 5.16. The molecule has 6 heteroatoms. The van der Waals surface area contributed by atoms with Gasteiger partial charge in [-0.1, -0.05) is 31.9 Å². The van der Waals surface area contributed by atoms with Gasteiger partial charge in [0.1, 0.15) is 5.75 Å². The fourth-order valence-corrected chi connectivity index (χ4v) is 2.67. The molecule has 0 bridgehead atoms. The highest BCUT2D eigenvalue weighted by Gasteiger charge is 2.06. The monoisotopic (exact) mass is 398 g/mol. The Kier molecular flexibility index (Phi) is 9.55. The van der Waals surface area contributed by atoms with Crippen LogP contribution in [0.3, 0.4) is 0 Å². The van der Waals surface area contributed by atoms with E-state index in [2.05, 4.69) is 17.5 Å². The number of methoxy groups -OCH3 is 1. The molecule has 0 aliphatic carbocycles. The lowest BCUT2D eigenvalue weighted by molar-refractivity contribution is -0.120. The molecule has 0 aliphatic rings. The van der Waals surface area contributed by atoms with Crippen molar-refractivity contribution in [3.63, 3.8) is 0 Å². The van der Waals surface area contributed by atoms with Crippen LogP contribution in [0.25, 0.3) is 0 Å². The van der Waals surface area contributed by atoms with Crippen molar-refractivity contribution >= 4 is 12.1 Å². The van der Waals surface area contributed by atoms with Crippen molar-refractivity contribution in [1.29, 1.82) is 0 Å². The SMILES string of the molecule is CCCCCOc1ccc(/C=N\NC(=O)Cc2ccc(OC)cc2)cc1OCC. The van der Waals surface area contributed by atoms with E-state index in [1.807, 2.05) is 49.4 Å². The maximum absolute atomic E-state index is 12.1. The van der Waals surface area contributed by atoms with Gasteiger partial charge in [0, 0.05) is 0 Å². The number of carbonyl (C=O) groups is 1. The Balaban J connectivity index is 1.90. The molecular weight excluding hydrogens is 368 g/mol. The van der Waals surface area contributed by atoms with Gasteiger partial charge < -0.3 is 14.2 Å². The minimum absolute atomic E-state index is 0.188. The number of unbranched alkanes of at least 4 members (excludes halogenated alkanes) is 2. The highest BCUT2D eigenvalue weighted by atomic mass is 16.5. The fourth-order valence-electron chi connectivity index (χ4n) is 2.67. The quantitative estimate of drug-likeness (QED) is 0.328. The molecule has 1 N–H and O–H groups in total. The summed E-state index contributed by atoms with van der Waals surface area (Å²) in [6.45, 7) is 5.31. The maximum Gasteiger partial charge on any atom is 0.244 e. The van der Waals surface area contributed by atoms with Crippen molar-refractivity contribution in [2.75, 3.05) is 20.3 Å². The Morgan fingerprint density at radius 2 is 1.83 bits per heavy atom. The van der Waals surface area contributed by atoms with Crippen LogP contribution in [-0.4, -0.2) is 32.4 Å². The number of amides is 1. The van der Waals surface area contributed by atoms with E-state index in [4.69, 9.17) is 14.2 Å². The highest BCUT2D eigenvalue weighted by Crippen LogP contribution is 2.28. The van der Waals surface area contributed by atoms with Crippen LogP contribution in [0.5, 0.6) is 17.2 Å². The van der Waals surface area contributed by atoms with Crippen LogP contribution in [0.4, 0.5) is 0 Å². The standard InChI is InChI=1S/C23H30N2O4/c1-4-6-7-14-29-21-13-10-19(15-22(21)28-5-2)17-24-25-23(26)16-18-8-11-20(27-3)12-9-18/h8-13,15,17H,4-7,14,16H2,1-3H3,(H,25,26)/b24-17-. The van der Waals surface area contributed by atoms with E-state index in [1.165, 1.54) is 0 Å². The normalized spacial score (nSPS) is 10.7. The fraction of sp³-hybridized carbons (Fsp3) is 0.391. The Morgan fingerprint density at radius 1 is 1.03 bits per heavy atom. The van der Waals surface area contributed by atoms with Crippen molar-refractivity contribution in [2.24, 2.45) is 5.10 Å². The molecule has 0 saturated heterocycles. The van der Waals surface area contributed by atoms with Crippen LogP contribution in [0.1, 0.15) is 44.2 Å². The van der Waals surface area contributed by atoms with Crippen molar-refractivity contribution in [1.82, 2.24) is 5.43 Å². The second kappa shape index (κ2) is 12.4. The summed E-state index contributed by atoms with van der Waals surface area (Å²) in [4.78, 5) is 12.1. The predicted octanol–water partition coefficient (Wildman–Crippen LogP) is 4.36. The molecule has 0 aliphatic heterocycles. The van der Waals surface area contributed by atoms with Gasteiger partial charge in [-0.2, -0.15) is 5.10 Å². The molecule has 2 aromatic carbocycles. The second-order valence-corrected chi connectivity index (χ2v) is 6.51. The van der Waals surface area contributed by atoms with Gasteiger partial charge >= 0.3 is 0 Å². The summed E-state index contributed by atoms with van der Waals surface area (Å²) in [5, 5.41) is 4.04. The molecule has 0 atom stereocenters. The summed E-state index contributed by atoms with van der Waals surface area (Å²) in [5.41, 5.74) is 4.26. The molecule has 156 valence electrons. The zero-order chi connectivity index (χ0) is 20.9. The molecule has 0 fully saturated rings. The number of benzene rings is 2. The molecule has 0 unspecified atom stereocenters. The van der Waals surface area contributed by atoms with Crippen LogP contribution < -0.4 is 19.6 Å². The molecule has 0 heterocycles. The highest BCUT2D eigenvalue weighted by molar-refractivity contribution is 5.84. The van der Waals surface area contributed by atoms with Gasteiger partial charge in [0.25, 0.3) is 0 Å². The van der Waals surface area contributed by atoms with E-state index in [9.17, 15) is 4.79 Å². The van der Waals surface area contributed by atoms with E-state index in [-0.39, 0.29) is 12.3 Å². The summed E-state index contributed by atoms with van der Waals surface area (Å²) < 4.78 is 16.6. The van der Waals surface area contributed by atoms with Gasteiger partial charge in [0.05, 0.1) is 33.0 Å². The number of carbonyl (C=O) groups excluding carboxylic acids is 1. The Labute approximate surface area is 172 Å². The summed E-state index contributed by atoms with van der Waals surface area (Å²) in [6, 6.07) is 13.0. The number of hydrazone groups is 1.